The summed E-state index contributed by atoms with van der Waals surface area (Å²) in [6.07, 6.45) is 6.45. The molecule has 2 fully saturated rings. The summed E-state index contributed by atoms with van der Waals surface area (Å²) >= 11 is 0. The van der Waals surface area contributed by atoms with Gasteiger partial charge in [0.2, 0.25) is 0 Å². The molecule has 2 aliphatic rings. The van der Waals surface area contributed by atoms with Crippen molar-refractivity contribution < 1.29 is 0 Å². The number of hydrogen-bond donors (Lipinski definition) is 1. The monoisotopic (exact) mass is 257 g/mol. The van der Waals surface area contributed by atoms with Crippen LogP contribution in [-0.2, 0) is 0 Å². The van der Waals surface area contributed by atoms with Gasteiger partial charge in [-0.25, -0.2) is 0 Å². The van der Waals surface area contributed by atoms with Gasteiger partial charge in [-0.2, -0.15) is 10.4 Å². The Bertz CT molecular complexity index is 471. The Morgan fingerprint density at radius 2 is 2.11 bits per heavy atom. The first kappa shape index (κ1) is 12.4. The van der Waals surface area contributed by atoms with E-state index in [1.165, 1.54) is 25.7 Å². The zero-order valence-corrected chi connectivity index (χ0v) is 11.0. The van der Waals surface area contributed by atoms with Crippen LogP contribution in [0.5, 0.6) is 0 Å². The highest BCUT2D eigenvalue weighted by Gasteiger charge is 2.33. The Balaban J connectivity index is 1.78. The van der Waals surface area contributed by atoms with Gasteiger partial charge >= 0.3 is 0 Å². The van der Waals surface area contributed by atoms with E-state index in [0.717, 1.165) is 25.5 Å². The molecule has 1 saturated carbocycles. The Morgan fingerprint density at radius 1 is 1.32 bits per heavy atom. The Hall–Kier alpha value is -1.67. The second-order valence-corrected chi connectivity index (χ2v) is 5.46. The van der Waals surface area contributed by atoms with E-state index in [0.29, 0.717) is 17.5 Å². The normalized spacial score (nSPS) is 19.9. The van der Waals surface area contributed by atoms with E-state index in [4.69, 9.17) is 0 Å². The minimum absolute atomic E-state index is 0.568. The summed E-state index contributed by atoms with van der Waals surface area (Å²) in [4.78, 5) is 2.32. The summed E-state index contributed by atoms with van der Waals surface area (Å²) in [5.41, 5.74) is 0.649. The van der Waals surface area contributed by atoms with Gasteiger partial charge < -0.3 is 10.2 Å². The first-order valence-electron chi connectivity index (χ1n) is 7.07. The third kappa shape index (κ3) is 2.85. The minimum atomic E-state index is 0.568. The third-order valence-electron chi connectivity index (χ3n) is 3.99. The zero-order valence-electron chi connectivity index (χ0n) is 11.0. The SMILES string of the molecule is N#Cc1ccnnc1N(CC1CCNCC1)C1CC1. The standard InChI is InChI=1S/C14H19N5/c15-9-12-5-8-17-18-14(12)19(13-1-2-13)10-11-3-6-16-7-4-11/h5,8,11,13,16H,1-4,6-7,10H2. The molecule has 2 heterocycles. The second-order valence-electron chi connectivity index (χ2n) is 5.46. The number of hydrogen-bond acceptors (Lipinski definition) is 5. The Labute approximate surface area is 113 Å². The van der Waals surface area contributed by atoms with Crippen LogP contribution in [0.3, 0.4) is 0 Å². The molecule has 5 heteroatoms. The van der Waals surface area contributed by atoms with Crippen molar-refractivity contribution in [1.82, 2.24) is 15.5 Å². The van der Waals surface area contributed by atoms with E-state index in [2.05, 4.69) is 26.5 Å². The number of anilines is 1. The summed E-state index contributed by atoms with van der Waals surface area (Å²) in [5, 5.41) is 20.8. The molecule has 1 aliphatic heterocycles. The van der Waals surface area contributed by atoms with E-state index in [9.17, 15) is 5.26 Å². The number of nitrogens with one attached hydrogen (secondary N) is 1. The molecule has 5 nitrogen and oxygen atoms in total. The van der Waals surface area contributed by atoms with Crippen molar-refractivity contribution in [3.8, 4) is 6.07 Å². The first-order chi connectivity index (χ1) is 9.38. The maximum absolute atomic E-state index is 9.22. The molecular formula is C14H19N5. The van der Waals surface area contributed by atoms with Gasteiger partial charge in [-0.1, -0.05) is 0 Å². The summed E-state index contributed by atoms with van der Waals surface area (Å²) in [7, 11) is 0. The van der Waals surface area contributed by atoms with Crippen molar-refractivity contribution in [2.45, 2.75) is 31.7 Å². The van der Waals surface area contributed by atoms with Crippen LogP contribution in [0.15, 0.2) is 12.3 Å². The highest BCUT2D eigenvalue weighted by Crippen LogP contribution is 2.33. The Morgan fingerprint density at radius 3 is 2.79 bits per heavy atom. The molecule has 1 aliphatic carbocycles. The lowest BCUT2D eigenvalue weighted by molar-refractivity contribution is 0.371. The van der Waals surface area contributed by atoms with Crippen LogP contribution >= 0.6 is 0 Å². The molecule has 1 N–H and O–H groups in total. The summed E-state index contributed by atoms with van der Waals surface area (Å²) in [6, 6.07) is 4.57. The van der Waals surface area contributed by atoms with E-state index < -0.39 is 0 Å². The van der Waals surface area contributed by atoms with Gasteiger partial charge in [-0.15, -0.1) is 5.10 Å². The molecule has 0 bridgehead atoms. The van der Waals surface area contributed by atoms with Crippen LogP contribution in [-0.4, -0.2) is 35.9 Å². The number of nitrogens with zero attached hydrogens (tertiary/aromatic N) is 4. The van der Waals surface area contributed by atoms with Gasteiger partial charge in [-0.05, 0) is 50.8 Å². The minimum Gasteiger partial charge on any atom is -0.351 e. The number of aromatic nitrogens is 2. The highest BCUT2D eigenvalue weighted by atomic mass is 15.3. The van der Waals surface area contributed by atoms with Crippen LogP contribution in [0.4, 0.5) is 5.82 Å². The first-order valence-corrected chi connectivity index (χ1v) is 7.07. The van der Waals surface area contributed by atoms with E-state index in [-0.39, 0.29) is 0 Å². The predicted octanol–water partition coefficient (Wildman–Crippen LogP) is 1.32. The van der Waals surface area contributed by atoms with Crippen LogP contribution < -0.4 is 10.2 Å². The van der Waals surface area contributed by atoms with Crippen molar-refractivity contribution in [3.63, 3.8) is 0 Å². The van der Waals surface area contributed by atoms with E-state index >= 15 is 0 Å². The van der Waals surface area contributed by atoms with Crippen molar-refractivity contribution in [3.05, 3.63) is 17.8 Å². The van der Waals surface area contributed by atoms with Crippen molar-refractivity contribution in [2.75, 3.05) is 24.5 Å². The van der Waals surface area contributed by atoms with Crippen molar-refractivity contribution in [1.29, 1.82) is 5.26 Å². The Kier molecular flexibility index (Phi) is 3.60. The van der Waals surface area contributed by atoms with E-state index in [1.807, 2.05) is 0 Å². The smallest absolute Gasteiger partial charge is 0.169 e. The fourth-order valence-corrected chi connectivity index (χ4v) is 2.76. The van der Waals surface area contributed by atoms with Gasteiger partial charge in [0.05, 0.1) is 11.8 Å². The summed E-state index contributed by atoms with van der Waals surface area (Å²) in [6.45, 7) is 3.23. The lowest BCUT2D eigenvalue weighted by atomic mass is 9.97. The van der Waals surface area contributed by atoms with Crippen LogP contribution in [0, 0.1) is 17.2 Å². The van der Waals surface area contributed by atoms with Crippen molar-refractivity contribution >= 4 is 5.82 Å². The fourth-order valence-electron chi connectivity index (χ4n) is 2.76. The average molecular weight is 257 g/mol. The predicted molar refractivity (Wildman–Crippen MR) is 72.7 cm³/mol. The molecule has 1 aromatic rings. The maximum atomic E-state index is 9.22. The molecule has 0 radical (unpaired) electrons. The highest BCUT2D eigenvalue weighted by molar-refractivity contribution is 5.54. The van der Waals surface area contributed by atoms with Crippen LogP contribution in [0.25, 0.3) is 0 Å². The molecule has 0 amide bonds. The summed E-state index contributed by atoms with van der Waals surface area (Å²) < 4.78 is 0. The zero-order chi connectivity index (χ0) is 13.1. The molecular weight excluding hydrogens is 238 g/mol. The number of nitriles is 1. The average Bonchev–Trinajstić information content (AvgIpc) is 3.30. The molecule has 19 heavy (non-hydrogen) atoms. The molecule has 0 unspecified atom stereocenters. The van der Waals surface area contributed by atoms with Gasteiger partial charge in [0, 0.05) is 12.6 Å². The molecule has 0 spiro atoms. The molecule has 0 atom stereocenters. The van der Waals surface area contributed by atoms with Crippen molar-refractivity contribution in [2.24, 2.45) is 5.92 Å². The van der Waals surface area contributed by atoms with Gasteiger partial charge in [0.1, 0.15) is 6.07 Å². The molecule has 3 rings (SSSR count). The van der Waals surface area contributed by atoms with Gasteiger partial charge in [0.15, 0.2) is 5.82 Å². The quantitative estimate of drug-likeness (QED) is 0.881. The lowest BCUT2D eigenvalue weighted by Gasteiger charge is -2.31. The molecule has 1 aromatic heterocycles. The largest absolute Gasteiger partial charge is 0.351 e. The maximum Gasteiger partial charge on any atom is 0.169 e. The third-order valence-corrected chi connectivity index (χ3v) is 3.99. The van der Waals surface area contributed by atoms with Gasteiger partial charge in [0.25, 0.3) is 0 Å². The topological polar surface area (TPSA) is 64.8 Å². The molecule has 0 aromatic carbocycles. The van der Waals surface area contributed by atoms with Gasteiger partial charge in [-0.3, -0.25) is 0 Å². The lowest BCUT2D eigenvalue weighted by Crippen LogP contribution is -2.38. The second kappa shape index (κ2) is 5.54. The van der Waals surface area contributed by atoms with E-state index in [1.54, 1.807) is 12.3 Å². The number of rotatable bonds is 4. The number of piperidine rings is 1. The van der Waals surface area contributed by atoms with Crippen LogP contribution in [0.1, 0.15) is 31.2 Å². The molecule has 1 saturated heterocycles. The summed E-state index contributed by atoms with van der Waals surface area (Å²) in [5.74, 6) is 1.49. The van der Waals surface area contributed by atoms with Crippen LogP contribution in [0.2, 0.25) is 0 Å². The molecule has 100 valence electrons. The fraction of sp³-hybridized carbons (Fsp3) is 0.643.